The third-order valence-corrected chi connectivity index (χ3v) is 4.66. The Morgan fingerprint density at radius 2 is 1.82 bits per heavy atom. The molecule has 0 amide bonds. The number of nitrogens with zero attached hydrogens (tertiary/aromatic N) is 2. The molecule has 3 aromatic rings. The van der Waals surface area contributed by atoms with Crippen molar-refractivity contribution in [3.8, 4) is 11.1 Å². The number of benzene rings is 2. The van der Waals surface area contributed by atoms with Crippen LogP contribution in [0.5, 0.6) is 0 Å². The van der Waals surface area contributed by atoms with E-state index in [1.165, 1.54) is 0 Å². The van der Waals surface area contributed by atoms with E-state index in [1.54, 1.807) is 0 Å². The largest absolute Gasteiger partial charge is 0.444 e. The lowest BCUT2D eigenvalue weighted by molar-refractivity contribution is 0.463. The molecule has 0 saturated carbocycles. The molecule has 0 saturated heterocycles. The average Bonchev–Trinajstić information content (AvgIpc) is 3.02. The monoisotopic (exact) mass is 396 g/mol. The number of aliphatic imine (C=N–C) groups is 1. The summed E-state index contributed by atoms with van der Waals surface area (Å²) in [6, 6.07) is 16.1. The van der Waals surface area contributed by atoms with Crippen molar-refractivity contribution in [1.82, 2.24) is 15.6 Å². The van der Waals surface area contributed by atoms with Gasteiger partial charge in [-0.25, -0.2) is 9.98 Å². The summed E-state index contributed by atoms with van der Waals surface area (Å²) in [5.74, 6) is 2.22. The Balaban J connectivity index is 1.74. The third kappa shape index (κ3) is 5.14. The number of rotatable bonds is 6. The first kappa shape index (κ1) is 20.0. The minimum atomic E-state index is 0.485. The lowest BCUT2D eigenvalue weighted by atomic mass is 10.00. The topological polar surface area (TPSA) is 62.5 Å². The normalized spacial score (nSPS) is 11.5. The maximum absolute atomic E-state index is 6.02. The van der Waals surface area contributed by atoms with Gasteiger partial charge in [-0.15, -0.1) is 0 Å². The fourth-order valence-corrected chi connectivity index (χ4v) is 2.98. The number of hydrogen-bond acceptors (Lipinski definition) is 3. The molecule has 5 nitrogen and oxygen atoms in total. The molecule has 0 bridgehead atoms. The zero-order chi connectivity index (χ0) is 19.9. The molecule has 1 heterocycles. The van der Waals surface area contributed by atoms with Crippen LogP contribution < -0.4 is 10.6 Å². The first-order chi connectivity index (χ1) is 13.6. The van der Waals surface area contributed by atoms with Gasteiger partial charge in [-0.2, -0.15) is 0 Å². The predicted octanol–water partition coefficient (Wildman–Crippen LogP) is 4.87. The smallest absolute Gasteiger partial charge is 0.214 e. The first-order valence-electron chi connectivity index (χ1n) is 9.35. The van der Waals surface area contributed by atoms with Crippen LogP contribution in [0.25, 0.3) is 11.1 Å². The molecular formula is C22H25ClN4O. The van der Waals surface area contributed by atoms with E-state index in [0.29, 0.717) is 19.0 Å². The number of halogens is 1. The van der Waals surface area contributed by atoms with Crippen LogP contribution in [-0.2, 0) is 13.1 Å². The molecule has 3 rings (SSSR count). The van der Waals surface area contributed by atoms with Crippen molar-refractivity contribution in [2.24, 2.45) is 4.99 Å². The molecule has 28 heavy (non-hydrogen) atoms. The van der Waals surface area contributed by atoms with Gasteiger partial charge in [0.25, 0.3) is 0 Å². The van der Waals surface area contributed by atoms with E-state index in [4.69, 9.17) is 21.0 Å². The third-order valence-electron chi connectivity index (χ3n) is 4.40. The molecule has 0 aliphatic rings. The van der Waals surface area contributed by atoms with Crippen molar-refractivity contribution in [1.29, 1.82) is 0 Å². The number of hydrogen-bond donors (Lipinski definition) is 2. The highest BCUT2D eigenvalue weighted by atomic mass is 35.5. The summed E-state index contributed by atoms with van der Waals surface area (Å²) >= 11 is 6.02. The number of aromatic nitrogens is 1. The van der Waals surface area contributed by atoms with Crippen LogP contribution in [0.3, 0.4) is 0 Å². The van der Waals surface area contributed by atoms with Crippen LogP contribution in [0.1, 0.15) is 29.8 Å². The number of nitrogens with one attached hydrogen (secondary N) is 2. The van der Waals surface area contributed by atoms with E-state index < -0.39 is 0 Å². The Labute approximate surface area is 170 Å². The highest BCUT2D eigenvalue weighted by Crippen LogP contribution is 2.25. The summed E-state index contributed by atoms with van der Waals surface area (Å²) in [4.78, 5) is 9.13. The molecular weight excluding hydrogens is 372 g/mol. The molecule has 0 aliphatic heterocycles. The molecule has 2 aromatic carbocycles. The van der Waals surface area contributed by atoms with E-state index in [-0.39, 0.29) is 0 Å². The summed E-state index contributed by atoms with van der Waals surface area (Å²) in [5.41, 5.74) is 4.33. The van der Waals surface area contributed by atoms with E-state index >= 15 is 0 Å². The van der Waals surface area contributed by atoms with Crippen LogP contribution in [0, 0.1) is 13.8 Å². The molecule has 146 valence electrons. The summed E-state index contributed by atoms with van der Waals surface area (Å²) < 4.78 is 5.63. The SMILES string of the molecule is CCNC(=NCc1ccccc1-c1ccc(Cl)cc1)NCc1nc(C)c(C)o1. The van der Waals surface area contributed by atoms with Crippen LogP contribution in [-0.4, -0.2) is 17.5 Å². The van der Waals surface area contributed by atoms with Gasteiger partial charge in [-0.1, -0.05) is 48.0 Å². The van der Waals surface area contributed by atoms with Gasteiger partial charge in [-0.05, 0) is 49.6 Å². The molecule has 1 aromatic heterocycles. The Kier molecular flexibility index (Phi) is 6.71. The molecule has 0 atom stereocenters. The molecule has 0 radical (unpaired) electrons. The molecule has 0 aliphatic carbocycles. The van der Waals surface area contributed by atoms with Crippen molar-refractivity contribution in [3.05, 3.63) is 76.5 Å². The van der Waals surface area contributed by atoms with Gasteiger partial charge in [-0.3, -0.25) is 0 Å². The van der Waals surface area contributed by atoms with Crippen molar-refractivity contribution in [3.63, 3.8) is 0 Å². The lowest BCUT2D eigenvalue weighted by Crippen LogP contribution is -2.36. The number of oxazole rings is 1. The van der Waals surface area contributed by atoms with Crippen molar-refractivity contribution in [2.75, 3.05) is 6.54 Å². The van der Waals surface area contributed by atoms with Gasteiger partial charge >= 0.3 is 0 Å². The standard InChI is InChI=1S/C22H25ClN4O/c1-4-24-22(26-14-21-27-15(2)16(3)28-21)25-13-18-7-5-6-8-20(18)17-9-11-19(23)12-10-17/h5-12H,4,13-14H2,1-3H3,(H2,24,25,26). The first-order valence-corrected chi connectivity index (χ1v) is 9.73. The lowest BCUT2D eigenvalue weighted by Gasteiger charge is -2.12. The molecule has 0 spiro atoms. The van der Waals surface area contributed by atoms with E-state index in [2.05, 4.69) is 27.8 Å². The van der Waals surface area contributed by atoms with E-state index in [1.807, 2.05) is 57.2 Å². The van der Waals surface area contributed by atoms with Crippen LogP contribution in [0.4, 0.5) is 0 Å². The van der Waals surface area contributed by atoms with E-state index in [0.717, 1.165) is 45.7 Å². The highest BCUT2D eigenvalue weighted by molar-refractivity contribution is 6.30. The van der Waals surface area contributed by atoms with Gasteiger partial charge in [0.05, 0.1) is 18.8 Å². The van der Waals surface area contributed by atoms with Crippen molar-refractivity contribution in [2.45, 2.75) is 33.9 Å². The second-order valence-corrected chi connectivity index (χ2v) is 6.90. The fraction of sp³-hybridized carbons (Fsp3) is 0.273. The van der Waals surface area contributed by atoms with Gasteiger partial charge in [0.1, 0.15) is 5.76 Å². The Morgan fingerprint density at radius 3 is 2.50 bits per heavy atom. The molecule has 2 N–H and O–H groups in total. The molecule has 0 unspecified atom stereocenters. The van der Waals surface area contributed by atoms with Crippen LogP contribution >= 0.6 is 11.6 Å². The summed E-state index contributed by atoms with van der Waals surface area (Å²) in [5, 5.41) is 7.27. The summed E-state index contributed by atoms with van der Waals surface area (Å²) in [6.07, 6.45) is 0. The van der Waals surface area contributed by atoms with Gasteiger partial charge < -0.3 is 15.1 Å². The maximum Gasteiger partial charge on any atom is 0.214 e. The minimum absolute atomic E-state index is 0.485. The maximum atomic E-state index is 6.02. The van der Waals surface area contributed by atoms with Crippen LogP contribution in [0.2, 0.25) is 5.02 Å². The second-order valence-electron chi connectivity index (χ2n) is 6.46. The zero-order valence-corrected chi connectivity index (χ0v) is 17.2. The molecule has 0 fully saturated rings. The summed E-state index contributed by atoms with van der Waals surface area (Å²) in [6.45, 7) is 7.71. The van der Waals surface area contributed by atoms with Crippen molar-refractivity contribution < 1.29 is 4.42 Å². The quantitative estimate of drug-likeness (QED) is 0.461. The highest BCUT2D eigenvalue weighted by Gasteiger charge is 2.08. The predicted molar refractivity (Wildman–Crippen MR) is 115 cm³/mol. The molecule has 6 heteroatoms. The Bertz CT molecular complexity index is 928. The minimum Gasteiger partial charge on any atom is -0.444 e. The number of guanidine groups is 1. The average molecular weight is 397 g/mol. The van der Waals surface area contributed by atoms with Gasteiger partial charge in [0.15, 0.2) is 5.96 Å². The fourth-order valence-electron chi connectivity index (χ4n) is 2.85. The number of aryl methyl sites for hydroxylation is 2. The van der Waals surface area contributed by atoms with Gasteiger partial charge in [0.2, 0.25) is 5.89 Å². The zero-order valence-electron chi connectivity index (χ0n) is 16.4. The Morgan fingerprint density at radius 1 is 1.07 bits per heavy atom. The summed E-state index contributed by atoms with van der Waals surface area (Å²) in [7, 11) is 0. The van der Waals surface area contributed by atoms with Crippen LogP contribution in [0.15, 0.2) is 57.9 Å². The van der Waals surface area contributed by atoms with Crippen molar-refractivity contribution >= 4 is 17.6 Å². The van der Waals surface area contributed by atoms with E-state index in [9.17, 15) is 0 Å². The Hall–Kier alpha value is -2.79. The second kappa shape index (κ2) is 9.42. The van der Waals surface area contributed by atoms with Gasteiger partial charge in [0, 0.05) is 11.6 Å².